The van der Waals surface area contributed by atoms with Crippen LogP contribution in [0.4, 0.5) is 0 Å². The second kappa shape index (κ2) is 11.3. The summed E-state index contributed by atoms with van der Waals surface area (Å²) in [5, 5.41) is 0.726. The maximum Gasteiger partial charge on any atom is 0.352 e. The maximum atomic E-state index is 10.4. The zero-order chi connectivity index (χ0) is 17.8. The van der Waals surface area contributed by atoms with Crippen molar-refractivity contribution >= 4 is 40.5 Å². The fraction of sp³-hybridized carbons (Fsp3) is 0.167. The van der Waals surface area contributed by atoms with Crippen LogP contribution in [0.15, 0.2) is 60.7 Å². The SMILES string of the molecule is CC(=O)OOC(=S)c1ccccc1.CCOC(=S)c1ccccc1. The highest BCUT2D eigenvalue weighted by atomic mass is 32.1. The summed E-state index contributed by atoms with van der Waals surface area (Å²) >= 11 is 9.84. The van der Waals surface area contributed by atoms with Crippen LogP contribution in [-0.2, 0) is 19.3 Å². The fourth-order valence-corrected chi connectivity index (χ4v) is 1.93. The van der Waals surface area contributed by atoms with E-state index in [-0.39, 0.29) is 5.05 Å². The zero-order valence-corrected chi connectivity index (χ0v) is 15.1. The van der Waals surface area contributed by atoms with Crippen LogP contribution in [0, 0.1) is 0 Å². The molecule has 2 aromatic rings. The van der Waals surface area contributed by atoms with Gasteiger partial charge in [-0.15, -0.1) is 0 Å². The van der Waals surface area contributed by atoms with E-state index in [4.69, 9.17) is 29.2 Å². The molecular weight excluding hydrogens is 344 g/mol. The van der Waals surface area contributed by atoms with Crippen LogP contribution in [0.25, 0.3) is 0 Å². The van der Waals surface area contributed by atoms with Crippen LogP contribution < -0.4 is 0 Å². The molecule has 0 aromatic heterocycles. The zero-order valence-electron chi connectivity index (χ0n) is 13.4. The third kappa shape index (κ3) is 7.80. The van der Waals surface area contributed by atoms with Gasteiger partial charge in [-0.2, -0.15) is 0 Å². The molecular formula is C18H18O4S2. The average molecular weight is 362 g/mol. The van der Waals surface area contributed by atoms with E-state index in [0.29, 0.717) is 17.2 Å². The van der Waals surface area contributed by atoms with Crippen LogP contribution in [0.1, 0.15) is 25.0 Å². The van der Waals surface area contributed by atoms with Gasteiger partial charge in [0.25, 0.3) is 0 Å². The summed E-state index contributed by atoms with van der Waals surface area (Å²) < 4.78 is 5.16. The quantitative estimate of drug-likeness (QED) is 0.462. The predicted octanol–water partition coefficient (Wildman–Crippen LogP) is 4.26. The molecule has 0 saturated heterocycles. The van der Waals surface area contributed by atoms with Crippen molar-refractivity contribution in [2.45, 2.75) is 13.8 Å². The number of thiocarbonyl (C=S) groups is 2. The largest absolute Gasteiger partial charge is 0.483 e. The van der Waals surface area contributed by atoms with Crippen molar-refractivity contribution < 1.29 is 19.3 Å². The molecule has 0 amide bonds. The Morgan fingerprint density at radius 3 is 1.71 bits per heavy atom. The number of hydrogen-bond acceptors (Lipinski definition) is 6. The summed E-state index contributed by atoms with van der Waals surface area (Å²) in [6, 6.07) is 18.8. The normalized spacial score (nSPS) is 9.08. The van der Waals surface area contributed by atoms with Gasteiger partial charge in [0.05, 0.1) is 6.61 Å². The second-order valence-corrected chi connectivity index (χ2v) is 5.14. The van der Waals surface area contributed by atoms with Gasteiger partial charge in [-0.1, -0.05) is 60.7 Å². The minimum absolute atomic E-state index is 0.149. The summed E-state index contributed by atoms with van der Waals surface area (Å²) in [6.07, 6.45) is 0. The van der Waals surface area contributed by atoms with Gasteiger partial charge in [-0.05, 0) is 31.4 Å². The van der Waals surface area contributed by atoms with E-state index < -0.39 is 5.97 Å². The second-order valence-electron chi connectivity index (χ2n) is 4.40. The molecule has 0 bridgehead atoms. The van der Waals surface area contributed by atoms with Gasteiger partial charge in [-0.25, -0.2) is 9.68 Å². The Morgan fingerprint density at radius 2 is 1.29 bits per heavy atom. The van der Waals surface area contributed by atoms with Gasteiger partial charge in [0.15, 0.2) is 5.05 Å². The monoisotopic (exact) mass is 362 g/mol. The standard InChI is InChI=1S/C9H8O3S.C9H10OS/c1-7(10)11-12-9(13)8-5-3-2-4-6-8;1-2-10-9(11)8-6-4-3-5-7-8/h2-6H,1H3;3-7H,2H2,1H3. The summed E-state index contributed by atoms with van der Waals surface area (Å²) in [4.78, 5) is 19.2. The maximum absolute atomic E-state index is 10.4. The van der Waals surface area contributed by atoms with Crippen molar-refractivity contribution in [3.8, 4) is 0 Å². The van der Waals surface area contributed by atoms with Crippen molar-refractivity contribution in [3.63, 3.8) is 0 Å². The molecule has 0 aliphatic rings. The van der Waals surface area contributed by atoms with Gasteiger partial charge < -0.3 is 4.74 Å². The summed E-state index contributed by atoms with van der Waals surface area (Å²) in [5.74, 6) is -0.529. The Bertz CT molecular complexity index is 657. The molecule has 0 heterocycles. The molecule has 2 rings (SSSR count). The molecule has 0 fully saturated rings. The number of carbonyl (C=O) groups excluding carboxylic acids is 1. The van der Waals surface area contributed by atoms with E-state index in [0.717, 1.165) is 5.56 Å². The first-order chi connectivity index (χ1) is 11.5. The first kappa shape index (κ1) is 19.7. The summed E-state index contributed by atoms with van der Waals surface area (Å²) in [6.45, 7) is 3.80. The highest BCUT2D eigenvalue weighted by Gasteiger charge is 2.03. The lowest BCUT2D eigenvalue weighted by molar-refractivity contribution is -0.217. The molecule has 0 spiro atoms. The van der Waals surface area contributed by atoms with Gasteiger partial charge in [0.2, 0.25) is 5.05 Å². The van der Waals surface area contributed by atoms with Crippen LogP contribution in [0.2, 0.25) is 0 Å². The van der Waals surface area contributed by atoms with Crippen LogP contribution in [0.3, 0.4) is 0 Å². The van der Waals surface area contributed by atoms with Gasteiger partial charge >= 0.3 is 5.97 Å². The molecule has 0 saturated carbocycles. The number of hydrogen-bond donors (Lipinski definition) is 0. The highest BCUT2D eigenvalue weighted by molar-refractivity contribution is 7.80. The summed E-state index contributed by atoms with van der Waals surface area (Å²) in [7, 11) is 0. The topological polar surface area (TPSA) is 44.8 Å². The molecule has 0 atom stereocenters. The molecule has 4 nitrogen and oxygen atoms in total. The Kier molecular flexibility index (Phi) is 9.26. The van der Waals surface area contributed by atoms with Crippen molar-refractivity contribution in [2.75, 3.05) is 6.61 Å². The number of carbonyl (C=O) groups is 1. The van der Waals surface area contributed by atoms with Crippen molar-refractivity contribution in [3.05, 3.63) is 71.8 Å². The van der Waals surface area contributed by atoms with E-state index >= 15 is 0 Å². The fourth-order valence-electron chi connectivity index (χ4n) is 1.51. The smallest absolute Gasteiger partial charge is 0.352 e. The minimum atomic E-state index is -0.529. The Morgan fingerprint density at radius 1 is 0.833 bits per heavy atom. The molecule has 0 N–H and O–H groups in total. The van der Waals surface area contributed by atoms with Gasteiger partial charge in [0.1, 0.15) is 0 Å². The highest BCUT2D eigenvalue weighted by Crippen LogP contribution is 2.03. The Hall–Kier alpha value is -2.31. The van der Waals surface area contributed by atoms with Crippen molar-refractivity contribution in [2.24, 2.45) is 0 Å². The number of benzene rings is 2. The minimum Gasteiger partial charge on any atom is -0.483 e. The lowest BCUT2D eigenvalue weighted by atomic mass is 10.2. The van der Waals surface area contributed by atoms with E-state index in [9.17, 15) is 4.79 Å². The molecule has 0 unspecified atom stereocenters. The van der Waals surface area contributed by atoms with Gasteiger partial charge in [0, 0.05) is 18.1 Å². The van der Waals surface area contributed by atoms with Crippen molar-refractivity contribution in [1.82, 2.24) is 0 Å². The number of ether oxygens (including phenoxy) is 1. The average Bonchev–Trinajstić information content (AvgIpc) is 2.62. The van der Waals surface area contributed by atoms with E-state index in [1.54, 1.807) is 12.1 Å². The molecule has 126 valence electrons. The molecule has 2 aromatic carbocycles. The van der Waals surface area contributed by atoms with E-state index in [1.165, 1.54) is 6.92 Å². The van der Waals surface area contributed by atoms with Gasteiger partial charge in [-0.3, -0.25) is 4.89 Å². The third-order valence-electron chi connectivity index (χ3n) is 2.53. The number of rotatable bonds is 3. The Labute approximate surface area is 152 Å². The lowest BCUT2D eigenvalue weighted by Gasteiger charge is -2.02. The first-order valence-electron chi connectivity index (χ1n) is 7.21. The first-order valence-corrected chi connectivity index (χ1v) is 8.03. The molecule has 0 radical (unpaired) electrons. The molecule has 0 aliphatic heterocycles. The third-order valence-corrected chi connectivity index (χ3v) is 3.19. The molecule has 6 heteroatoms. The van der Waals surface area contributed by atoms with E-state index in [1.807, 2.05) is 55.5 Å². The summed E-state index contributed by atoms with van der Waals surface area (Å²) in [5.41, 5.74) is 1.68. The Balaban J connectivity index is 0.000000243. The van der Waals surface area contributed by atoms with E-state index in [2.05, 4.69) is 9.78 Å². The molecule has 0 aliphatic carbocycles. The lowest BCUT2D eigenvalue weighted by Crippen LogP contribution is -2.07. The molecule has 24 heavy (non-hydrogen) atoms. The van der Waals surface area contributed by atoms with Crippen LogP contribution in [0.5, 0.6) is 0 Å². The van der Waals surface area contributed by atoms with Crippen LogP contribution >= 0.6 is 24.4 Å². The van der Waals surface area contributed by atoms with Crippen molar-refractivity contribution in [1.29, 1.82) is 0 Å². The predicted molar refractivity (Wildman–Crippen MR) is 101 cm³/mol. The van der Waals surface area contributed by atoms with Crippen LogP contribution in [-0.4, -0.2) is 22.7 Å².